The fourth-order valence-corrected chi connectivity index (χ4v) is 9.37. The Morgan fingerprint density at radius 3 is 2.14 bits per heavy atom. The molecule has 10 bridgehead atoms. The minimum absolute atomic E-state index is 0. The van der Waals surface area contributed by atoms with Crippen molar-refractivity contribution in [2.24, 2.45) is 0 Å². The number of benzene rings is 8. The second-order valence-electron chi connectivity index (χ2n) is 17.5. The van der Waals surface area contributed by atoms with Gasteiger partial charge in [0.05, 0.1) is 5.52 Å². The molecule has 0 aliphatic carbocycles. The predicted molar refractivity (Wildman–Crippen MR) is 266 cm³/mol. The summed E-state index contributed by atoms with van der Waals surface area (Å²) < 4.78 is 38.0. The summed E-state index contributed by atoms with van der Waals surface area (Å²) in [6.07, 6.45) is 2.16. The Bertz CT molecular complexity index is 4090. The van der Waals surface area contributed by atoms with Crippen LogP contribution >= 0.6 is 0 Å². The Morgan fingerprint density at radius 1 is 0.585 bits per heavy atom. The van der Waals surface area contributed by atoms with Crippen LogP contribution in [0.4, 0.5) is 0 Å². The third kappa shape index (κ3) is 6.90. The van der Waals surface area contributed by atoms with Gasteiger partial charge >= 0.3 is 0 Å². The average Bonchev–Trinajstić information content (AvgIpc) is 3.89. The third-order valence-electron chi connectivity index (χ3n) is 12.5. The van der Waals surface area contributed by atoms with E-state index in [4.69, 9.17) is 13.5 Å². The van der Waals surface area contributed by atoms with E-state index >= 15 is 0 Å². The second kappa shape index (κ2) is 15.7. The third-order valence-corrected chi connectivity index (χ3v) is 12.5. The Labute approximate surface area is 395 Å². The Kier molecular flexibility index (Phi) is 8.97. The molecule has 0 amide bonds. The van der Waals surface area contributed by atoms with Crippen LogP contribution in [0.1, 0.15) is 36.0 Å². The number of pyridine rings is 1. The van der Waals surface area contributed by atoms with E-state index in [-0.39, 0.29) is 32.0 Å². The summed E-state index contributed by atoms with van der Waals surface area (Å²) in [5.74, 6) is 0. The molecule has 3 aromatic heterocycles. The predicted octanol–water partition coefficient (Wildman–Crippen LogP) is 15.4. The van der Waals surface area contributed by atoms with Crippen LogP contribution in [0.25, 0.3) is 105 Å². The van der Waals surface area contributed by atoms with Gasteiger partial charge in [0.1, 0.15) is 5.65 Å². The van der Waals surface area contributed by atoms with Gasteiger partial charge in [0.15, 0.2) is 0 Å². The molecule has 0 N–H and O–H groups in total. The van der Waals surface area contributed by atoms with Crippen LogP contribution in [0.2, 0.25) is 0 Å². The molecule has 0 saturated carbocycles. The molecule has 11 aromatic rings. The van der Waals surface area contributed by atoms with E-state index in [0.29, 0.717) is 22.3 Å². The number of aromatic nitrogens is 4. The molecular formula is C59H43N4OPt-3. The van der Waals surface area contributed by atoms with Crippen LogP contribution in [-0.4, -0.2) is 18.5 Å². The van der Waals surface area contributed by atoms with Crippen LogP contribution in [0.15, 0.2) is 193 Å². The number of nitrogens with zero attached hydrogens (tertiary/aromatic N) is 4. The first-order chi connectivity index (χ1) is 32.5. The van der Waals surface area contributed by atoms with E-state index in [1.165, 1.54) is 5.56 Å². The van der Waals surface area contributed by atoms with Crippen LogP contribution in [0.5, 0.6) is 0 Å². The summed E-state index contributed by atoms with van der Waals surface area (Å²) in [6, 6.07) is 69.7. The van der Waals surface area contributed by atoms with Gasteiger partial charge in [0.25, 0.3) is 0 Å². The molecule has 6 heteroatoms. The molecule has 12 rings (SSSR count). The zero-order valence-corrected chi connectivity index (χ0v) is 38.2. The Balaban J connectivity index is 0.00000507. The maximum Gasteiger partial charge on any atom is 0.136 e. The van der Waals surface area contributed by atoms with E-state index in [0.717, 1.165) is 82.3 Å². The first-order valence-electron chi connectivity index (χ1n) is 23.1. The molecule has 65 heavy (non-hydrogen) atoms. The zero-order valence-electron chi connectivity index (χ0n) is 38.9. The maximum atomic E-state index is 8.25. The standard InChI is InChI=1S/C59H43N4O.Pt/c1-38-27-30-53-51(31-38)49-29-28-45-36-56(49)63(53)57-26-14-23-52(60-57)41-32-40(33-42(34-41)59(2,3)4)46-19-8-9-20-48(46)50-22-13-21-47(39-15-6-5-7-16-39)58(50)62-37-61(54-24-10-11-25-55(54)62)43-17-12-18-44(35-43)64-45;/h5-34,37H,1-4H3;/q-3;/i1D3;. The summed E-state index contributed by atoms with van der Waals surface area (Å²) in [6.45, 7) is 4.47. The SMILES string of the molecule is [2H]C([2H])([2H])c1ccc2c(c1)c1ccc3[c-]c1n2c1cccc(n1)c1cc(C(C)(C)C)cc(c1)c1ccccc1c1cccc(-c2ccccc2)c1n1[cH-]n(c2[c-]c(ccc2)o3)-c2ccccc2-1.[Pt]. The molecule has 318 valence electrons. The molecule has 0 saturated heterocycles. The Morgan fingerprint density at radius 2 is 1.31 bits per heavy atom. The topological polar surface area (TPSA) is 40.3 Å². The largest absolute Gasteiger partial charge is 0.510 e. The van der Waals surface area contributed by atoms with Crippen LogP contribution in [0, 0.1) is 19.0 Å². The van der Waals surface area contributed by atoms with Crippen molar-refractivity contribution in [3.8, 4) is 22.5 Å². The van der Waals surface area contributed by atoms with Gasteiger partial charge in [-0.15, -0.1) is 29.1 Å². The van der Waals surface area contributed by atoms with E-state index in [1.807, 2.05) is 48.5 Å². The van der Waals surface area contributed by atoms with Crippen LogP contribution in [-0.2, 0) is 26.5 Å². The van der Waals surface area contributed by atoms with E-state index in [9.17, 15) is 0 Å². The van der Waals surface area contributed by atoms with Gasteiger partial charge in [-0.3, -0.25) is 0 Å². The minimum atomic E-state index is -2.28. The normalized spacial score (nSPS) is 12.8. The quantitative estimate of drug-likeness (QED) is 0.154. The summed E-state index contributed by atoms with van der Waals surface area (Å²) in [5, 5.41) is 6.96. The van der Waals surface area contributed by atoms with Crippen molar-refractivity contribution in [3.63, 3.8) is 0 Å². The molecule has 4 heterocycles. The maximum absolute atomic E-state index is 8.25. The molecule has 0 unspecified atom stereocenters. The van der Waals surface area contributed by atoms with Gasteiger partial charge in [-0.05, 0) is 103 Å². The van der Waals surface area contributed by atoms with Gasteiger partial charge in [-0.2, -0.15) is 24.3 Å². The molecule has 8 aromatic carbocycles. The van der Waals surface area contributed by atoms with Gasteiger partial charge in [-0.1, -0.05) is 153 Å². The number of fused-ring (bicyclic) bond motifs is 23. The minimum Gasteiger partial charge on any atom is -0.510 e. The van der Waals surface area contributed by atoms with Crippen molar-refractivity contribution in [2.45, 2.75) is 33.0 Å². The average molecular weight is 1020 g/mol. The van der Waals surface area contributed by atoms with Gasteiger partial charge in [0.2, 0.25) is 0 Å². The second-order valence-corrected chi connectivity index (χ2v) is 17.5. The van der Waals surface area contributed by atoms with Gasteiger partial charge in [-0.25, -0.2) is 4.98 Å². The number of hydrogen-bond donors (Lipinski definition) is 0. The fraction of sp³-hybridized carbons (Fsp3) is 0.0847. The molecule has 0 spiro atoms. The van der Waals surface area contributed by atoms with Crippen molar-refractivity contribution in [3.05, 3.63) is 212 Å². The number of imidazole rings is 1. The monoisotopic (exact) mass is 1020 g/mol. The van der Waals surface area contributed by atoms with Gasteiger partial charge < -0.3 is 18.0 Å². The number of hydrogen-bond acceptors (Lipinski definition) is 2. The molecule has 0 fully saturated rings. The first kappa shape index (κ1) is 37.1. The van der Waals surface area contributed by atoms with E-state index in [2.05, 4.69) is 174 Å². The summed E-state index contributed by atoms with van der Waals surface area (Å²) in [5.41, 5.74) is 11.4. The van der Waals surface area contributed by atoms with E-state index < -0.39 is 6.85 Å². The van der Waals surface area contributed by atoms with E-state index in [1.54, 1.807) is 12.1 Å². The van der Waals surface area contributed by atoms with Crippen molar-refractivity contribution in [1.29, 1.82) is 0 Å². The molecule has 5 nitrogen and oxygen atoms in total. The molecule has 0 atom stereocenters. The number of para-hydroxylation sites is 3. The number of rotatable bonds is 1. The summed E-state index contributed by atoms with van der Waals surface area (Å²) in [7, 11) is 0. The zero-order chi connectivity index (χ0) is 45.6. The smallest absolute Gasteiger partial charge is 0.136 e. The van der Waals surface area contributed by atoms with Crippen molar-refractivity contribution in [1.82, 2.24) is 18.5 Å². The first-order valence-corrected chi connectivity index (χ1v) is 21.6. The summed E-state index contributed by atoms with van der Waals surface area (Å²) >= 11 is 0. The Hall–Kier alpha value is -7.33. The van der Waals surface area contributed by atoms with Crippen molar-refractivity contribution < 1.29 is 29.6 Å². The van der Waals surface area contributed by atoms with Crippen LogP contribution in [0.3, 0.4) is 0 Å². The summed E-state index contributed by atoms with van der Waals surface area (Å²) in [4.78, 5) is 5.42. The molecule has 1 aliphatic rings. The number of aryl methyl sites for hydroxylation is 1. The molecular weight excluding hydrogens is 976 g/mol. The van der Waals surface area contributed by atoms with Gasteiger partial charge in [0, 0.05) is 53.6 Å². The van der Waals surface area contributed by atoms with Crippen molar-refractivity contribution in [2.75, 3.05) is 0 Å². The van der Waals surface area contributed by atoms with Crippen molar-refractivity contribution >= 4 is 82.1 Å². The van der Waals surface area contributed by atoms with Crippen LogP contribution < -0.4 is 0 Å². The molecule has 1 aliphatic heterocycles. The molecule has 0 radical (unpaired) electrons. The fourth-order valence-electron chi connectivity index (χ4n) is 9.37.